The van der Waals surface area contributed by atoms with Crippen LogP contribution < -0.4 is 10.1 Å². The van der Waals surface area contributed by atoms with Gasteiger partial charge in [0.15, 0.2) is 11.4 Å². The van der Waals surface area contributed by atoms with E-state index < -0.39 is 11.9 Å². The number of nitrogens with zero attached hydrogens (tertiary/aromatic N) is 1. The summed E-state index contributed by atoms with van der Waals surface area (Å²) < 4.78 is 5.21. The van der Waals surface area contributed by atoms with Gasteiger partial charge in [-0.1, -0.05) is 25.0 Å². The third-order valence-corrected chi connectivity index (χ3v) is 4.92. The molecule has 0 unspecified atom stereocenters. The van der Waals surface area contributed by atoms with Crippen molar-refractivity contribution in [3.05, 3.63) is 47.5 Å². The van der Waals surface area contributed by atoms with Gasteiger partial charge < -0.3 is 20.1 Å². The summed E-state index contributed by atoms with van der Waals surface area (Å²) in [6, 6.07) is 7.92. The summed E-state index contributed by atoms with van der Waals surface area (Å²) in [6.45, 7) is 0.448. The zero-order chi connectivity index (χ0) is 17.9. The van der Waals surface area contributed by atoms with Crippen molar-refractivity contribution in [2.45, 2.75) is 31.1 Å². The number of methoxy groups -OCH3 is 1. The second-order valence-electron chi connectivity index (χ2n) is 6.33. The largest absolute Gasteiger partial charge is 0.497 e. The van der Waals surface area contributed by atoms with Crippen LogP contribution in [-0.4, -0.2) is 40.6 Å². The maximum atomic E-state index is 12.4. The number of imidazole rings is 1. The van der Waals surface area contributed by atoms with Gasteiger partial charge in [-0.25, -0.2) is 9.78 Å². The molecule has 7 heteroatoms. The minimum atomic E-state index is -1.20. The van der Waals surface area contributed by atoms with Gasteiger partial charge in [-0.05, 0) is 30.5 Å². The smallest absolute Gasteiger partial charge is 0.354 e. The molecule has 132 valence electrons. The van der Waals surface area contributed by atoms with Gasteiger partial charge in [0, 0.05) is 12.0 Å². The van der Waals surface area contributed by atoms with Crippen molar-refractivity contribution < 1.29 is 19.4 Å². The number of benzene rings is 1. The van der Waals surface area contributed by atoms with Gasteiger partial charge in [0.05, 0.1) is 13.4 Å². The highest BCUT2D eigenvalue weighted by Gasteiger charge is 2.36. The summed E-state index contributed by atoms with van der Waals surface area (Å²) >= 11 is 0. The summed E-state index contributed by atoms with van der Waals surface area (Å²) in [7, 11) is 1.63. The van der Waals surface area contributed by atoms with Crippen molar-refractivity contribution in [3.8, 4) is 5.75 Å². The first kappa shape index (κ1) is 17.0. The van der Waals surface area contributed by atoms with Crippen molar-refractivity contribution >= 4 is 11.9 Å². The fourth-order valence-electron chi connectivity index (χ4n) is 3.53. The van der Waals surface area contributed by atoms with E-state index in [1.54, 1.807) is 7.11 Å². The third kappa shape index (κ3) is 3.35. The van der Waals surface area contributed by atoms with Crippen molar-refractivity contribution in [1.29, 1.82) is 0 Å². The molecule has 1 amide bonds. The van der Waals surface area contributed by atoms with Crippen LogP contribution in [0.15, 0.2) is 30.6 Å². The Labute approximate surface area is 145 Å². The van der Waals surface area contributed by atoms with Gasteiger partial charge in [-0.2, -0.15) is 0 Å². The molecule has 0 saturated heterocycles. The molecule has 7 nitrogen and oxygen atoms in total. The summed E-state index contributed by atoms with van der Waals surface area (Å²) in [5.74, 6) is -0.879. The molecule has 3 N–H and O–H groups in total. The maximum absolute atomic E-state index is 12.4. The Bertz CT molecular complexity index is 761. The van der Waals surface area contributed by atoms with Crippen LogP contribution in [0.5, 0.6) is 5.75 Å². The third-order valence-electron chi connectivity index (χ3n) is 4.92. The topological polar surface area (TPSA) is 104 Å². The van der Waals surface area contributed by atoms with Gasteiger partial charge in [0.1, 0.15) is 5.75 Å². The second-order valence-corrected chi connectivity index (χ2v) is 6.33. The van der Waals surface area contributed by atoms with Crippen LogP contribution in [0.3, 0.4) is 0 Å². The molecule has 1 aromatic carbocycles. The highest BCUT2D eigenvalue weighted by atomic mass is 16.5. The van der Waals surface area contributed by atoms with E-state index in [2.05, 4.69) is 15.3 Å². The standard InChI is InChI=1S/C18H21N3O4/c1-25-13-6-4-12(5-7-13)18(8-2-3-9-18)10-19-16(22)14-15(17(23)24)21-11-20-14/h4-7,11H,2-3,8-10H2,1H3,(H,19,22)(H,20,21)(H,23,24). The van der Waals surface area contributed by atoms with Gasteiger partial charge in [0.25, 0.3) is 5.91 Å². The van der Waals surface area contributed by atoms with Crippen LogP contribution >= 0.6 is 0 Å². The number of amides is 1. The number of rotatable bonds is 6. The van der Waals surface area contributed by atoms with E-state index in [1.807, 2.05) is 24.3 Å². The van der Waals surface area contributed by atoms with Crippen LogP contribution in [-0.2, 0) is 5.41 Å². The van der Waals surface area contributed by atoms with Gasteiger partial charge in [-0.3, -0.25) is 4.79 Å². The average molecular weight is 343 g/mol. The molecule has 0 radical (unpaired) electrons. The molecule has 0 spiro atoms. The highest BCUT2D eigenvalue weighted by molar-refractivity contribution is 6.02. The number of carbonyl (C=O) groups is 2. The molecule has 2 aromatic rings. The first-order chi connectivity index (χ1) is 12.1. The number of hydrogen-bond acceptors (Lipinski definition) is 4. The molecule has 1 heterocycles. The maximum Gasteiger partial charge on any atom is 0.354 e. The Morgan fingerprint density at radius 2 is 1.96 bits per heavy atom. The van der Waals surface area contributed by atoms with Crippen LogP contribution in [0.4, 0.5) is 0 Å². The SMILES string of the molecule is COc1ccc(C2(CNC(=O)c3nc[nH]c3C(=O)O)CCCC2)cc1. The number of ether oxygens (including phenoxy) is 1. The lowest BCUT2D eigenvalue weighted by atomic mass is 9.78. The zero-order valence-corrected chi connectivity index (χ0v) is 14.0. The zero-order valence-electron chi connectivity index (χ0n) is 14.0. The summed E-state index contributed by atoms with van der Waals surface area (Å²) in [5.41, 5.74) is 0.742. The Morgan fingerprint density at radius 1 is 1.28 bits per heavy atom. The fourth-order valence-corrected chi connectivity index (χ4v) is 3.53. The first-order valence-electron chi connectivity index (χ1n) is 8.25. The minimum absolute atomic E-state index is 0.0876. The molecule has 0 aliphatic heterocycles. The molecule has 1 fully saturated rings. The molecular weight excluding hydrogens is 322 g/mol. The lowest BCUT2D eigenvalue weighted by Gasteiger charge is -2.30. The van der Waals surface area contributed by atoms with Crippen LogP contribution in [0, 0.1) is 0 Å². The molecule has 1 aliphatic carbocycles. The Morgan fingerprint density at radius 3 is 2.56 bits per heavy atom. The molecule has 1 aromatic heterocycles. The number of aromatic amines is 1. The normalized spacial score (nSPS) is 15.7. The number of carbonyl (C=O) groups excluding carboxylic acids is 1. The number of carboxylic acid groups (broad SMARTS) is 1. The molecule has 25 heavy (non-hydrogen) atoms. The predicted octanol–water partition coefficient (Wildman–Crippen LogP) is 2.36. The van der Waals surface area contributed by atoms with E-state index in [-0.39, 0.29) is 16.8 Å². The average Bonchev–Trinajstić information content (AvgIpc) is 3.30. The monoisotopic (exact) mass is 343 g/mol. The molecule has 0 atom stereocenters. The van der Waals surface area contributed by atoms with Crippen LogP contribution in [0.25, 0.3) is 0 Å². The number of H-pyrrole nitrogens is 1. The van der Waals surface area contributed by atoms with E-state index in [1.165, 1.54) is 6.33 Å². The summed E-state index contributed by atoms with van der Waals surface area (Å²) in [5, 5.41) is 12.0. The van der Waals surface area contributed by atoms with Crippen molar-refractivity contribution in [3.63, 3.8) is 0 Å². The molecule has 1 saturated carbocycles. The van der Waals surface area contributed by atoms with E-state index in [4.69, 9.17) is 9.84 Å². The number of carboxylic acids is 1. The number of hydrogen-bond donors (Lipinski definition) is 3. The Kier molecular flexibility index (Phi) is 4.74. The Hall–Kier alpha value is -2.83. The van der Waals surface area contributed by atoms with E-state index in [9.17, 15) is 9.59 Å². The van der Waals surface area contributed by atoms with Gasteiger partial charge in [0.2, 0.25) is 0 Å². The Balaban J connectivity index is 1.77. The van der Waals surface area contributed by atoms with Crippen molar-refractivity contribution in [2.75, 3.05) is 13.7 Å². The number of nitrogens with one attached hydrogen (secondary N) is 2. The highest BCUT2D eigenvalue weighted by Crippen LogP contribution is 2.41. The summed E-state index contributed by atoms with van der Waals surface area (Å²) in [6.07, 6.45) is 5.38. The first-order valence-corrected chi connectivity index (χ1v) is 8.25. The van der Waals surface area contributed by atoms with E-state index in [0.717, 1.165) is 37.0 Å². The minimum Gasteiger partial charge on any atom is -0.497 e. The van der Waals surface area contributed by atoms with E-state index in [0.29, 0.717) is 6.54 Å². The van der Waals surface area contributed by atoms with E-state index >= 15 is 0 Å². The van der Waals surface area contributed by atoms with Gasteiger partial charge in [-0.15, -0.1) is 0 Å². The fraction of sp³-hybridized carbons (Fsp3) is 0.389. The van der Waals surface area contributed by atoms with Crippen LogP contribution in [0.1, 0.15) is 52.2 Å². The molecule has 1 aliphatic rings. The second kappa shape index (κ2) is 6.96. The summed E-state index contributed by atoms with van der Waals surface area (Å²) in [4.78, 5) is 29.8. The molecule has 0 bridgehead atoms. The van der Waals surface area contributed by atoms with Crippen LogP contribution in [0.2, 0.25) is 0 Å². The number of aromatic carboxylic acids is 1. The lowest BCUT2D eigenvalue weighted by Crippen LogP contribution is -2.39. The molecule has 3 rings (SSSR count). The lowest BCUT2D eigenvalue weighted by molar-refractivity contribution is 0.0684. The molecular formula is C18H21N3O4. The van der Waals surface area contributed by atoms with Gasteiger partial charge >= 0.3 is 5.97 Å². The van der Waals surface area contributed by atoms with Crippen molar-refractivity contribution in [2.24, 2.45) is 0 Å². The number of aromatic nitrogens is 2. The van der Waals surface area contributed by atoms with Crippen molar-refractivity contribution in [1.82, 2.24) is 15.3 Å². The quantitative estimate of drug-likeness (QED) is 0.747. The predicted molar refractivity (Wildman–Crippen MR) is 91.0 cm³/mol.